The van der Waals surface area contributed by atoms with Crippen LogP contribution < -0.4 is 5.32 Å². The second kappa shape index (κ2) is 14.1. The van der Waals surface area contributed by atoms with Crippen LogP contribution in [0.5, 0.6) is 0 Å². The van der Waals surface area contributed by atoms with Crippen molar-refractivity contribution in [1.29, 1.82) is 0 Å². The molecule has 0 aliphatic rings. The molecule has 1 N–H and O–H groups in total. The lowest BCUT2D eigenvalue weighted by Crippen LogP contribution is -2.35. The van der Waals surface area contributed by atoms with Crippen LogP contribution in [0, 0.1) is 5.82 Å². The Morgan fingerprint density at radius 2 is 1.93 bits per heavy atom. The maximum atomic E-state index is 13.8. The summed E-state index contributed by atoms with van der Waals surface area (Å²) in [5.41, 5.74) is -0.0437. The van der Waals surface area contributed by atoms with E-state index in [1.54, 1.807) is 6.07 Å². The lowest BCUT2D eigenvalue weighted by Gasteiger charge is -2.18. The standard InChI is InChI=1S/C21H34FN3O3/c1-5-25(6-2)14-10-11-17(4)23-21(28-16-15-27-7-3)24-20(26)18-12-8-9-13-19(18)22/h8-9,12-13,17H,5-7,10-11,14-16H2,1-4H3,(H,23,24,26). The summed E-state index contributed by atoms with van der Waals surface area (Å²) in [6.45, 7) is 12.5. The molecule has 0 spiro atoms. The Morgan fingerprint density at radius 1 is 1.21 bits per heavy atom. The third-order valence-electron chi connectivity index (χ3n) is 4.34. The molecular formula is C21H34FN3O3. The van der Waals surface area contributed by atoms with Crippen LogP contribution in [-0.4, -0.2) is 62.3 Å². The molecule has 0 aliphatic carbocycles. The first-order valence-electron chi connectivity index (χ1n) is 10.1. The molecule has 0 heterocycles. The van der Waals surface area contributed by atoms with E-state index in [4.69, 9.17) is 9.47 Å². The molecule has 1 rings (SSSR count). The quantitative estimate of drug-likeness (QED) is 0.334. The van der Waals surface area contributed by atoms with Gasteiger partial charge in [-0.3, -0.25) is 10.1 Å². The summed E-state index contributed by atoms with van der Waals surface area (Å²) < 4.78 is 24.7. The second-order valence-electron chi connectivity index (χ2n) is 6.43. The zero-order valence-electron chi connectivity index (χ0n) is 17.5. The van der Waals surface area contributed by atoms with Gasteiger partial charge >= 0.3 is 0 Å². The molecule has 0 radical (unpaired) electrons. The summed E-state index contributed by atoms with van der Waals surface area (Å²) >= 11 is 0. The Bertz CT molecular complexity index is 606. The maximum Gasteiger partial charge on any atom is 0.292 e. The van der Waals surface area contributed by atoms with Gasteiger partial charge in [0.25, 0.3) is 11.9 Å². The van der Waals surface area contributed by atoms with E-state index >= 15 is 0 Å². The molecule has 1 aromatic rings. The summed E-state index contributed by atoms with van der Waals surface area (Å²) in [4.78, 5) is 19.2. The van der Waals surface area contributed by atoms with Gasteiger partial charge in [0.1, 0.15) is 12.4 Å². The van der Waals surface area contributed by atoms with Gasteiger partial charge in [-0.2, -0.15) is 0 Å². The minimum absolute atomic E-state index is 0.0291. The number of hydrogen-bond donors (Lipinski definition) is 1. The fourth-order valence-electron chi connectivity index (χ4n) is 2.67. The summed E-state index contributed by atoms with van der Waals surface area (Å²) in [6.07, 6.45) is 1.87. The molecule has 0 bridgehead atoms. The molecular weight excluding hydrogens is 361 g/mol. The predicted octanol–water partition coefficient (Wildman–Crippen LogP) is 3.48. The highest BCUT2D eigenvalue weighted by Crippen LogP contribution is 2.07. The number of carbonyl (C=O) groups excluding carboxylic acids is 1. The van der Waals surface area contributed by atoms with Crippen LogP contribution in [0.4, 0.5) is 4.39 Å². The van der Waals surface area contributed by atoms with E-state index in [1.807, 2.05) is 13.8 Å². The largest absolute Gasteiger partial charge is 0.463 e. The lowest BCUT2D eigenvalue weighted by atomic mass is 10.2. The van der Waals surface area contributed by atoms with Crippen LogP contribution in [0.25, 0.3) is 0 Å². The second-order valence-corrected chi connectivity index (χ2v) is 6.43. The highest BCUT2D eigenvalue weighted by molar-refractivity contribution is 6.04. The van der Waals surface area contributed by atoms with Crippen molar-refractivity contribution < 1.29 is 18.7 Å². The fraction of sp³-hybridized carbons (Fsp3) is 0.619. The highest BCUT2D eigenvalue weighted by Gasteiger charge is 2.15. The Balaban J connectivity index is 2.70. The van der Waals surface area contributed by atoms with Gasteiger partial charge in [-0.25, -0.2) is 9.38 Å². The molecule has 0 aromatic heterocycles. The van der Waals surface area contributed by atoms with Crippen LogP contribution in [0.3, 0.4) is 0 Å². The van der Waals surface area contributed by atoms with Crippen LogP contribution in [-0.2, 0) is 9.47 Å². The molecule has 0 saturated carbocycles. The topological polar surface area (TPSA) is 63.2 Å². The number of carbonyl (C=O) groups is 1. The van der Waals surface area contributed by atoms with Gasteiger partial charge in [-0.05, 0) is 58.5 Å². The van der Waals surface area contributed by atoms with Crippen molar-refractivity contribution in [3.05, 3.63) is 35.6 Å². The van der Waals surface area contributed by atoms with Gasteiger partial charge in [0.2, 0.25) is 0 Å². The number of aliphatic imine (C=N–C) groups is 1. The van der Waals surface area contributed by atoms with Crippen molar-refractivity contribution in [2.24, 2.45) is 4.99 Å². The molecule has 0 fully saturated rings. The minimum atomic E-state index is -0.582. The smallest absolute Gasteiger partial charge is 0.292 e. The number of amidine groups is 1. The number of benzene rings is 1. The van der Waals surface area contributed by atoms with E-state index in [0.29, 0.717) is 13.2 Å². The molecule has 158 valence electrons. The fourth-order valence-corrected chi connectivity index (χ4v) is 2.67. The zero-order valence-corrected chi connectivity index (χ0v) is 17.5. The average molecular weight is 396 g/mol. The number of hydrogen-bond acceptors (Lipinski definition) is 5. The molecule has 0 aliphatic heterocycles. The SMILES string of the molecule is CCOCCOC(=NC(C)CCCN(CC)CC)NC(=O)c1ccccc1F. The van der Waals surface area contributed by atoms with Crippen molar-refractivity contribution in [3.63, 3.8) is 0 Å². The maximum absolute atomic E-state index is 13.8. The Hall–Kier alpha value is -1.99. The van der Waals surface area contributed by atoms with E-state index in [9.17, 15) is 9.18 Å². The van der Waals surface area contributed by atoms with Crippen LogP contribution in [0.15, 0.2) is 29.3 Å². The van der Waals surface area contributed by atoms with Crippen LogP contribution in [0.1, 0.15) is 50.9 Å². The number of amides is 1. The Kier molecular flexibility index (Phi) is 12.1. The molecule has 0 saturated heterocycles. The predicted molar refractivity (Wildman–Crippen MR) is 110 cm³/mol. The molecule has 1 amide bonds. The Labute approximate surface area is 168 Å². The van der Waals surface area contributed by atoms with Gasteiger partial charge in [0.05, 0.1) is 18.2 Å². The molecule has 7 heteroatoms. The first-order chi connectivity index (χ1) is 13.5. The van der Waals surface area contributed by atoms with E-state index in [2.05, 4.69) is 29.1 Å². The number of halogens is 1. The first kappa shape index (κ1) is 24.0. The normalized spacial score (nSPS) is 12.9. The summed E-state index contributed by atoms with van der Waals surface area (Å²) in [7, 11) is 0. The van der Waals surface area contributed by atoms with Crippen molar-refractivity contribution in [2.75, 3.05) is 39.5 Å². The summed E-state index contributed by atoms with van der Waals surface area (Å²) in [5.74, 6) is -1.16. The van der Waals surface area contributed by atoms with E-state index in [-0.39, 0.29) is 24.2 Å². The minimum Gasteiger partial charge on any atom is -0.463 e. The van der Waals surface area contributed by atoms with E-state index in [1.165, 1.54) is 18.2 Å². The van der Waals surface area contributed by atoms with Gasteiger partial charge in [0, 0.05) is 6.61 Å². The molecule has 6 nitrogen and oxygen atoms in total. The molecule has 1 aromatic carbocycles. The third kappa shape index (κ3) is 9.28. The van der Waals surface area contributed by atoms with Crippen molar-refractivity contribution >= 4 is 11.9 Å². The molecule has 1 unspecified atom stereocenters. The summed E-state index contributed by atoms with van der Waals surface area (Å²) in [6, 6.07) is 5.90. The van der Waals surface area contributed by atoms with Gasteiger partial charge in [0.15, 0.2) is 0 Å². The molecule has 28 heavy (non-hydrogen) atoms. The zero-order chi connectivity index (χ0) is 20.8. The molecule has 1 atom stereocenters. The number of nitrogens with one attached hydrogen (secondary N) is 1. The van der Waals surface area contributed by atoms with Gasteiger partial charge in [-0.1, -0.05) is 26.0 Å². The average Bonchev–Trinajstić information content (AvgIpc) is 2.68. The number of ether oxygens (including phenoxy) is 2. The van der Waals surface area contributed by atoms with E-state index in [0.717, 1.165) is 32.5 Å². The van der Waals surface area contributed by atoms with Gasteiger partial charge < -0.3 is 14.4 Å². The van der Waals surface area contributed by atoms with Crippen molar-refractivity contribution in [2.45, 2.75) is 46.6 Å². The monoisotopic (exact) mass is 395 g/mol. The van der Waals surface area contributed by atoms with Gasteiger partial charge in [-0.15, -0.1) is 0 Å². The highest BCUT2D eigenvalue weighted by atomic mass is 19.1. The van der Waals surface area contributed by atoms with Crippen LogP contribution in [0.2, 0.25) is 0 Å². The van der Waals surface area contributed by atoms with Crippen molar-refractivity contribution in [1.82, 2.24) is 10.2 Å². The van der Waals surface area contributed by atoms with Crippen LogP contribution >= 0.6 is 0 Å². The number of rotatable bonds is 12. The summed E-state index contributed by atoms with van der Waals surface area (Å²) in [5, 5.41) is 2.59. The Morgan fingerprint density at radius 3 is 2.57 bits per heavy atom. The number of nitrogens with zero attached hydrogens (tertiary/aromatic N) is 2. The van der Waals surface area contributed by atoms with Crippen molar-refractivity contribution in [3.8, 4) is 0 Å². The van der Waals surface area contributed by atoms with E-state index < -0.39 is 11.7 Å². The third-order valence-corrected chi connectivity index (χ3v) is 4.34. The first-order valence-corrected chi connectivity index (χ1v) is 10.1. The lowest BCUT2D eigenvalue weighted by molar-refractivity contribution is 0.0918.